The summed E-state index contributed by atoms with van der Waals surface area (Å²) < 4.78 is 1.04. The van der Waals surface area contributed by atoms with Crippen LogP contribution in [0.15, 0.2) is 28.7 Å². The van der Waals surface area contributed by atoms with Crippen LogP contribution >= 0.6 is 15.9 Å². The lowest BCUT2D eigenvalue weighted by molar-refractivity contribution is -0.122. The van der Waals surface area contributed by atoms with E-state index in [0.717, 1.165) is 28.9 Å². The van der Waals surface area contributed by atoms with E-state index >= 15 is 0 Å². The van der Waals surface area contributed by atoms with Crippen molar-refractivity contribution >= 4 is 27.5 Å². The summed E-state index contributed by atoms with van der Waals surface area (Å²) in [5, 5.41) is 6.39. The number of rotatable bonds is 4. The second-order valence-electron chi connectivity index (χ2n) is 5.84. The van der Waals surface area contributed by atoms with Gasteiger partial charge in [-0.15, -0.1) is 0 Å². The van der Waals surface area contributed by atoms with Crippen molar-refractivity contribution in [2.45, 2.75) is 51.6 Å². The van der Waals surface area contributed by atoms with E-state index in [1.165, 1.54) is 12.8 Å². The predicted molar refractivity (Wildman–Crippen MR) is 86.8 cm³/mol. The first-order valence-corrected chi connectivity index (χ1v) is 8.16. The summed E-state index contributed by atoms with van der Waals surface area (Å²) >= 11 is 3.40. The van der Waals surface area contributed by atoms with E-state index in [2.05, 4.69) is 33.5 Å². The van der Waals surface area contributed by atoms with Crippen molar-refractivity contribution in [3.8, 4) is 0 Å². The van der Waals surface area contributed by atoms with Gasteiger partial charge in [-0.2, -0.15) is 0 Å². The Morgan fingerprint density at radius 1 is 1.20 bits per heavy atom. The maximum absolute atomic E-state index is 12.2. The van der Waals surface area contributed by atoms with E-state index < -0.39 is 0 Å². The normalized spacial score (nSPS) is 23.9. The van der Waals surface area contributed by atoms with Crippen molar-refractivity contribution in [3.05, 3.63) is 28.7 Å². The van der Waals surface area contributed by atoms with E-state index in [9.17, 15) is 4.79 Å². The van der Waals surface area contributed by atoms with Crippen LogP contribution in [0, 0.1) is 5.92 Å². The van der Waals surface area contributed by atoms with Crippen LogP contribution in [0.4, 0.5) is 5.69 Å². The molecule has 4 heteroatoms. The maximum atomic E-state index is 12.2. The molecule has 1 atom stereocenters. The predicted octanol–water partition coefficient (Wildman–Crippen LogP) is 3.94. The number of hydrogen-bond acceptors (Lipinski definition) is 2. The first-order valence-electron chi connectivity index (χ1n) is 7.37. The van der Waals surface area contributed by atoms with E-state index in [0.29, 0.717) is 6.04 Å². The van der Waals surface area contributed by atoms with Gasteiger partial charge >= 0.3 is 0 Å². The lowest BCUT2D eigenvalue weighted by Crippen LogP contribution is -2.44. The second kappa shape index (κ2) is 7.11. The first kappa shape index (κ1) is 15.4. The third-order valence-corrected chi connectivity index (χ3v) is 4.51. The van der Waals surface area contributed by atoms with Crippen LogP contribution in [0.3, 0.4) is 0 Å². The summed E-state index contributed by atoms with van der Waals surface area (Å²) in [7, 11) is 0. The number of amides is 1. The smallest absolute Gasteiger partial charge is 0.242 e. The molecule has 110 valence electrons. The highest BCUT2D eigenvalue weighted by molar-refractivity contribution is 9.10. The van der Waals surface area contributed by atoms with Crippen LogP contribution < -0.4 is 10.6 Å². The molecule has 2 rings (SSSR count). The molecule has 1 aliphatic rings. The fourth-order valence-electron chi connectivity index (χ4n) is 2.59. The molecule has 1 unspecified atom stereocenters. The van der Waals surface area contributed by atoms with Crippen molar-refractivity contribution < 1.29 is 4.79 Å². The Morgan fingerprint density at radius 3 is 2.40 bits per heavy atom. The van der Waals surface area contributed by atoms with Gasteiger partial charge in [0.1, 0.15) is 6.04 Å². The topological polar surface area (TPSA) is 41.1 Å². The summed E-state index contributed by atoms with van der Waals surface area (Å²) in [6.45, 7) is 4.19. The number of benzene rings is 1. The average Bonchev–Trinajstić information content (AvgIpc) is 2.44. The monoisotopic (exact) mass is 338 g/mol. The van der Waals surface area contributed by atoms with Gasteiger partial charge in [0.05, 0.1) is 0 Å². The minimum Gasteiger partial charge on any atom is -0.374 e. The Hall–Kier alpha value is -1.03. The van der Waals surface area contributed by atoms with Gasteiger partial charge in [0.25, 0.3) is 0 Å². The SMILES string of the molecule is CC1CCC(NC(=O)C(C)Nc2ccc(Br)cc2)CC1. The van der Waals surface area contributed by atoms with Crippen molar-refractivity contribution in [1.82, 2.24) is 5.32 Å². The van der Waals surface area contributed by atoms with Crippen LogP contribution in [0.2, 0.25) is 0 Å². The number of hydrogen-bond donors (Lipinski definition) is 2. The Bertz CT molecular complexity index is 438. The molecular weight excluding hydrogens is 316 g/mol. The number of anilines is 1. The molecule has 0 aromatic heterocycles. The summed E-state index contributed by atoms with van der Waals surface area (Å²) in [6.07, 6.45) is 4.66. The Labute approximate surface area is 129 Å². The summed E-state index contributed by atoms with van der Waals surface area (Å²) in [5.41, 5.74) is 0.966. The first-order chi connectivity index (χ1) is 9.54. The molecule has 0 bridgehead atoms. The molecule has 1 saturated carbocycles. The minimum absolute atomic E-state index is 0.0903. The lowest BCUT2D eigenvalue weighted by Gasteiger charge is -2.28. The summed E-state index contributed by atoms with van der Waals surface area (Å²) in [4.78, 5) is 12.2. The third kappa shape index (κ3) is 4.51. The zero-order valence-electron chi connectivity index (χ0n) is 12.2. The van der Waals surface area contributed by atoms with Crippen LogP contribution in [0.25, 0.3) is 0 Å². The minimum atomic E-state index is -0.212. The van der Waals surface area contributed by atoms with Gasteiger partial charge in [-0.3, -0.25) is 4.79 Å². The standard InChI is InChI=1S/C16H23BrN2O/c1-11-3-7-15(8-4-11)19-16(20)12(2)18-14-9-5-13(17)6-10-14/h5-6,9-12,15,18H,3-4,7-8H2,1-2H3,(H,19,20). The highest BCUT2D eigenvalue weighted by Gasteiger charge is 2.22. The van der Waals surface area contributed by atoms with Crippen molar-refractivity contribution in [1.29, 1.82) is 0 Å². The average molecular weight is 339 g/mol. The second-order valence-corrected chi connectivity index (χ2v) is 6.75. The zero-order valence-corrected chi connectivity index (χ0v) is 13.7. The summed E-state index contributed by atoms with van der Waals surface area (Å²) in [6, 6.07) is 8.01. The summed E-state index contributed by atoms with van der Waals surface area (Å²) in [5.74, 6) is 0.897. The van der Waals surface area contributed by atoms with Gasteiger partial charge in [-0.1, -0.05) is 22.9 Å². The van der Waals surface area contributed by atoms with Gasteiger partial charge in [0, 0.05) is 16.2 Å². The van der Waals surface area contributed by atoms with Crippen LogP contribution in [0.1, 0.15) is 39.5 Å². The van der Waals surface area contributed by atoms with Crippen LogP contribution in [0.5, 0.6) is 0 Å². The molecule has 1 amide bonds. The van der Waals surface area contributed by atoms with E-state index in [4.69, 9.17) is 0 Å². The molecule has 1 aliphatic carbocycles. The third-order valence-electron chi connectivity index (χ3n) is 3.98. The Kier molecular flexibility index (Phi) is 5.46. The molecule has 1 aromatic rings. The highest BCUT2D eigenvalue weighted by Crippen LogP contribution is 2.23. The molecule has 0 radical (unpaired) electrons. The van der Waals surface area contributed by atoms with Crippen LogP contribution in [-0.4, -0.2) is 18.0 Å². The fraction of sp³-hybridized carbons (Fsp3) is 0.562. The molecule has 3 nitrogen and oxygen atoms in total. The number of nitrogens with one attached hydrogen (secondary N) is 2. The molecular formula is C16H23BrN2O. The van der Waals surface area contributed by atoms with Gasteiger partial charge < -0.3 is 10.6 Å². The molecule has 20 heavy (non-hydrogen) atoms. The van der Waals surface area contributed by atoms with Crippen molar-refractivity contribution in [3.63, 3.8) is 0 Å². The van der Waals surface area contributed by atoms with E-state index in [1.807, 2.05) is 31.2 Å². The van der Waals surface area contributed by atoms with Gasteiger partial charge in [0.15, 0.2) is 0 Å². The molecule has 2 N–H and O–H groups in total. The molecule has 0 heterocycles. The number of carbonyl (C=O) groups is 1. The zero-order chi connectivity index (χ0) is 14.5. The molecule has 0 saturated heterocycles. The quantitative estimate of drug-likeness (QED) is 0.872. The fourth-order valence-corrected chi connectivity index (χ4v) is 2.86. The number of carbonyl (C=O) groups excluding carboxylic acids is 1. The maximum Gasteiger partial charge on any atom is 0.242 e. The molecule has 0 spiro atoms. The van der Waals surface area contributed by atoms with E-state index in [-0.39, 0.29) is 11.9 Å². The molecule has 1 fully saturated rings. The number of halogens is 1. The largest absolute Gasteiger partial charge is 0.374 e. The Balaban J connectivity index is 1.81. The Morgan fingerprint density at radius 2 is 1.80 bits per heavy atom. The van der Waals surface area contributed by atoms with E-state index in [1.54, 1.807) is 0 Å². The molecule has 1 aromatic carbocycles. The van der Waals surface area contributed by atoms with Gasteiger partial charge in [-0.25, -0.2) is 0 Å². The molecule has 0 aliphatic heterocycles. The van der Waals surface area contributed by atoms with Crippen LogP contribution in [-0.2, 0) is 4.79 Å². The van der Waals surface area contributed by atoms with Gasteiger partial charge in [0.2, 0.25) is 5.91 Å². The lowest BCUT2D eigenvalue weighted by atomic mass is 9.87. The van der Waals surface area contributed by atoms with Gasteiger partial charge in [-0.05, 0) is 62.8 Å². The van der Waals surface area contributed by atoms with Crippen molar-refractivity contribution in [2.24, 2.45) is 5.92 Å². The van der Waals surface area contributed by atoms with Crippen molar-refractivity contribution in [2.75, 3.05) is 5.32 Å². The highest BCUT2D eigenvalue weighted by atomic mass is 79.9.